The summed E-state index contributed by atoms with van der Waals surface area (Å²) in [6, 6.07) is 5.74. The highest BCUT2D eigenvalue weighted by Gasteiger charge is 2.10. The summed E-state index contributed by atoms with van der Waals surface area (Å²) >= 11 is 0. The molecule has 2 N–H and O–H groups in total. The maximum atomic E-state index is 11.0. The van der Waals surface area contributed by atoms with Crippen molar-refractivity contribution in [2.75, 3.05) is 32.7 Å². The zero-order chi connectivity index (χ0) is 19.2. The number of ether oxygens (including phenoxy) is 4. The van der Waals surface area contributed by atoms with Crippen LogP contribution in [0, 0.1) is 0 Å². The predicted molar refractivity (Wildman–Crippen MR) is 102 cm³/mol. The van der Waals surface area contributed by atoms with Crippen molar-refractivity contribution in [3.8, 4) is 5.75 Å². The van der Waals surface area contributed by atoms with Gasteiger partial charge in [-0.1, -0.05) is 0 Å². The summed E-state index contributed by atoms with van der Waals surface area (Å²) < 4.78 is 21.6. The van der Waals surface area contributed by atoms with Gasteiger partial charge in [-0.3, -0.25) is 4.79 Å². The Labute approximate surface area is 156 Å². The van der Waals surface area contributed by atoms with Crippen molar-refractivity contribution in [2.24, 2.45) is 0 Å². The number of nitrogen functional groups attached to an aromatic ring is 1. The van der Waals surface area contributed by atoms with E-state index in [-0.39, 0.29) is 12.3 Å². The van der Waals surface area contributed by atoms with E-state index in [1.165, 1.54) is 7.11 Å². The molecule has 0 aliphatic carbocycles. The highest BCUT2D eigenvalue weighted by atomic mass is 16.7. The fraction of sp³-hybridized carbons (Fsp3) is 0.650. The molecule has 0 aliphatic rings. The average Bonchev–Trinajstić information content (AvgIpc) is 2.64. The van der Waals surface area contributed by atoms with Gasteiger partial charge in [-0.05, 0) is 63.3 Å². The average molecular weight is 367 g/mol. The highest BCUT2D eigenvalue weighted by molar-refractivity contribution is 5.68. The van der Waals surface area contributed by atoms with Crippen molar-refractivity contribution in [3.63, 3.8) is 0 Å². The second-order valence-corrected chi connectivity index (χ2v) is 5.97. The lowest BCUT2D eigenvalue weighted by molar-refractivity contribution is -0.140. The molecule has 0 saturated carbocycles. The Hall–Kier alpha value is -1.79. The number of anilines is 1. The zero-order valence-electron chi connectivity index (χ0n) is 16.3. The maximum Gasteiger partial charge on any atom is 0.305 e. The van der Waals surface area contributed by atoms with Crippen LogP contribution in [0.25, 0.3) is 0 Å². The van der Waals surface area contributed by atoms with Gasteiger partial charge in [0.15, 0.2) is 6.29 Å². The molecular weight excluding hydrogens is 334 g/mol. The number of methoxy groups -OCH3 is 1. The quantitative estimate of drug-likeness (QED) is 0.234. The molecule has 0 saturated heterocycles. The molecule has 0 heterocycles. The SMILES string of the molecule is CCOC(CCc1cc(OCCCCCC(=O)OC)ccc1N)OCC. The molecule has 0 radical (unpaired) electrons. The minimum atomic E-state index is -0.205. The summed E-state index contributed by atoms with van der Waals surface area (Å²) in [5.74, 6) is 0.651. The largest absolute Gasteiger partial charge is 0.494 e. The van der Waals surface area contributed by atoms with Gasteiger partial charge >= 0.3 is 5.97 Å². The van der Waals surface area contributed by atoms with Gasteiger partial charge in [-0.2, -0.15) is 0 Å². The monoisotopic (exact) mass is 367 g/mol. The molecule has 0 amide bonds. The fourth-order valence-electron chi connectivity index (χ4n) is 2.59. The molecule has 26 heavy (non-hydrogen) atoms. The summed E-state index contributed by atoms with van der Waals surface area (Å²) in [6.45, 7) is 5.78. The van der Waals surface area contributed by atoms with Crippen molar-refractivity contribution >= 4 is 11.7 Å². The van der Waals surface area contributed by atoms with Crippen molar-refractivity contribution in [3.05, 3.63) is 23.8 Å². The van der Waals surface area contributed by atoms with Gasteiger partial charge in [-0.25, -0.2) is 0 Å². The standard InChI is InChI=1S/C20H33NO5/c1-4-24-20(25-5-2)13-10-16-15-17(11-12-18(16)21)26-14-8-6-7-9-19(22)23-3/h11-12,15,20H,4-10,13-14,21H2,1-3H3. The Morgan fingerprint density at radius 2 is 1.85 bits per heavy atom. The Morgan fingerprint density at radius 3 is 2.50 bits per heavy atom. The lowest BCUT2D eigenvalue weighted by Gasteiger charge is -2.17. The molecule has 0 fully saturated rings. The summed E-state index contributed by atoms with van der Waals surface area (Å²) in [5.41, 5.74) is 7.87. The number of hydrogen-bond acceptors (Lipinski definition) is 6. The normalized spacial score (nSPS) is 10.9. The van der Waals surface area contributed by atoms with Crippen LogP contribution >= 0.6 is 0 Å². The van der Waals surface area contributed by atoms with Crippen LogP contribution in [0.4, 0.5) is 5.69 Å². The van der Waals surface area contributed by atoms with Crippen LogP contribution < -0.4 is 10.5 Å². The van der Waals surface area contributed by atoms with Crippen LogP contribution in [0.1, 0.15) is 51.5 Å². The first kappa shape index (κ1) is 22.3. The molecule has 6 nitrogen and oxygen atoms in total. The molecule has 148 valence electrons. The lowest BCUT2D eigenvalue weighted by atomic mass is 10.1. The predicted octanol–water partition coefficient (Wildman–Crippen LogP) is 3.71. The number of rotatable bonds is 14. The number of carbonyl (C=O) groups excluding carboxylic acids is 1. The van der Waals surface area contributed by atoms with E-state index in [1.807, 2.05) is 32.0 Å². The van der Waals surface area contributed by atoms with Crippen LogP contribution in [0.3, 0.4) is 0 Å². The smallest absolute Gasteiger partial charge is 0.305 e. The number of aryl methyl sites for hydroxylation is 1. The molecule has 0 spiro atoms. The van der Waals surface area contributed by atoms with Gasteiger partial charge in [0.1, 0.15) is 5.75 Å². The van der Waals surface area contributed by atoms with Crippen molar-refractivity contribution < 1.29 is 23.7 Å². The maximum absolute atomic E-state index is 11.0. The van der Waals surface area contributed by atoms with E-state index in [0.717, 1.165) is 49.1 Å². The van der Waals surface area contributed by atoms with Crippen molar-refractivity contribution in [1.29, 1.82) is 0 Å². The van der Waals surface area contributed by atoms with Crippen LogP contribution in [0.2, 0.25) is 0 Å². The summed E-state index contributed by atoms with van der Waals surface area (Å²) in [6.07, 6.45) is 4.43. The van der Waals surface area contributed by atoms with Gasteiger partial charge in [0, 0.05) is 31.7 Å². The van der Waals surface area contributed by atoms with Gasteiger partial charge in [-0.15, -0.1) is 0 Å². The molecular formula is C20H33NO5. The van der Waals surface area contributed by atoms with Crippen LogP contribution in [0.5, 0.6) is 5.75 Å². The number of esters is 1. The van der Waals surface area contributed by atoms with Gasteiger partial charge < -0.3 is 24.7 Å². The van der Waals surface area contributed by atoms with E-state index in [0.29, 0.717) is 26.2 Å². The molecule has 0 unspecified atom stereocenters. The van der Waals surface area contributed by atoms with E-state index in [1.54, 1.807) is 0 Å². The number of hydrogen-bond donors (Lipinski definition) is 1. The second-order valence-electron chi connectivity index (χ2n) is 5.97. The summed E-state index contributed by atoms with van der Waals surface area (Å²) in [4.78, 5) is 11.0. The molecule has 0 atom stereocenters. The number of unbranched alkanes of at least 4 members (excludes halogenated alkanes) is 2. The highest BCUT2D eigenvalue weighted by Crippen LogP contribution is 2.22. The van der Waals surface area contributed by atoms with E-state index < -0.39 is 0 Å². The third-order valence-corrected chi connectivity index (χ3v) is 3.99. The van der Waals surface area contributed by atoms with E-state index in [2.05, 4.69) is 4.74 Å². The first-order valence-corrected chi connectivity index (χ1v) is 9.41. The van der Waals surface area contributed by atoms with Crippen LogP contribution in [-0.2, 0) is 25.4 Å². The van der Waals surface area contributed by atoms with Gasteiger partial charge in [0.05, 0.1) is 13.7 Å². The van der Waals surface area contributed by atoms with Crippen molar-refractivity contribution in [2.45, 2.75) is 58.7 Å². The molecule has 1 aromatic rings. The molecule has 0 aromatic heterocycles. The zero-order valence-corrected chi connectivity index (χ0v) is 16.3. The molecule has 1 aromatic carbocycles. The molecule has 0 aliphatic heterocycles. The summed E-state index contributed by atoms with van der Waals surface area (Å²) in [7, 11) is 1.41. The number of benzene rings is 1. The summed E-state index contributed by atoms with van der Waals surface area (Å²) in [5, 5.41) is 0. The lowest BCUT2D eigenvalue weighted by Crippen LogP contribution is -2.18. The van der Waals surface area contributed by atoms with E-state index in [9.17, 15) is 4.79 Å². The van der Waals surface area contributed by atoms with Crippen LogP contribution in [-0.4, -0.2) is 39.2 Å². The second kappa shape index (κ2) is 13.4. The van der Waals surface area contributed by atoms with E-state index in [4.69, 9.17) is 19.9 Å². The first-order valence-electron chi connectivity index (χ1n) is 9.41. The minimum Gasteiger partial charge on any atom is -0.494 e. The minimum absolute atomic E-state index is 0.161. The third-order valence-electron chi connectivity index (χ3n) is 3.99. The Morgan fingerprint density at radius 1 is 1.12 bits per heavy atom. The molecule has 6 heteroatoms. The molecule has 1 rings (SSSR count). The van der Waals surface area contributed by atoms with Gasteiger partial charge in [0.2, 0.25) is 0 Å². The fourth-order valence-corrected chi connectivity index (χ4v) is 2.59. The van der Waals surface area contributed by atoms with Crippen molar-refractivity contribution in [1.82, 2.24) is 0 Å². The van der Waals surface area contributed by atoms with Gasteiger partial charge in [0.25, 0.3) is 0 Å². The number of carbonyl (C=O) groups is 1. The Bertz CT molecular complexity index is 515. The Balaban J connectivity index is 2.39. The topological polar surface area (TPSA) is 80.0 Å². The molecule has 0 bridgehead atoms. The van der Waals surface area contributed by atoms with E-state index >= 15 is 0 Å². The first-order chi connectivity index (χ1) is 12.6. The number of nitrogens with two attached hydrogens (primary N) is 1. The third kappa shape index (κ3) is 9.06. The van der Waals surface area contributed by atoms with Crippen LogP contribution in [0.15, 0.2) is 18.2 Å². The Kier molecular flexibility index (Phi) is 11.5.